The first-order valence-electron chi connectivity index (χ1n) is 9.46. The molecule has 0 saturated heterocycles. The Bertz CT molecular complexity index is 938. The van der Waals surface area contributed by atoms with Crippen molar-refractivity contribution < 1.29 is 13.2 Å². The lowest BCUT2D eigenvalue weighted by Gasteiger charge is -2.30. The van der Waals surface area contributed by atoms with E-state index in [9.17, 15) is 13.2 Å². The van der Waals surface area contributed by atoms with Crippen LogP contribution in [-0.4, -0.2) is 38.0 Å². The number of anilines is 1. The van der Waals surface area contributed by atoms with Crippen molar-refractivity contribution in [3.8, 4) is 0 Å². The van der Waals surface area contributed by atoms with Gasteiger partial charge in [0.2, 0.25) is 10.0 Å². The largest absolute Gasteiger partial charge is 0.321 e. The van der Waals surface area contributed by atoms with E-state index in [1.54, 1.807) is 37.0 Å². The fourth-order valence-corrected chi connectivity index (χ4v) is 5.56. The molecule has 0 atom stereocenters. The number of hydrogen-bond acceptors (Lipinski definition) is 4. The molecule has 0 bridgehead atoms. The summed E-state index contributed by atoms with van der Waals surface area (Å²) in [7, 11) is -1.99. The van der Waals surface area contributed by atoms with Crippen molar-refractivity contribution in [3.63, 3.8) is 0 Å². The minimum absolute atomic E-state index is 0.0321. The second-order valence-corrected chi connectivity index (χ2v) is 9.84. The highest BCUT2D eigenvalue weighted by molar-refractivity contribution is 7.98. The molecular formula is C21H26N2O3S2. The molecule has 0 heterocycles. The minimum atomic E-state index is -3.63. The van der Waals surface area contributed by atoms with Gasteiger partial charge in [0.25, 0.3) is 5.91 Å². The summed E-state index contributed by atoms with van der Waals surface area (Å²) in [5.74, 6) is -0.320. The zero-order valence-corrected chi connectivity index (χ0v) is 17.9. The van der Waals surface area contributed by atoms with Gasteiger partial charge in [0.15, 0.2) is 0 Å². The van der Waals surface area contributed by atoms with Crippen LogP contribution in [0, 0.1) is 0 Å². The average molecular weight is 419 g/mol. The third-order valence-corrected chi connectivity index (χ3v) is 7.92. The van der Waals surface area contributed by atoms with Gasteiger partial charge in [-0.25, -0.2) is 8.42 Å². The number of rotatable bonds is 6. The van der Waals surface area contributed by atoms with Crippen LogP contribution in [0.25, 0.3) is 0 Å². The van der Waals surface area contributed by atoms with Crippen LogP contribution in [0.4, 0.5) is 5.69 Å². The summed E-state index contributed by atoms with van der Waals surface area (Å²) in [5.41, 5.74) is 1.04. The van der Waals surface area contributed by atoms with Crippen molar-refractivity contribution in [2.75, 3.05) is 18.6 Å². The summed E-state index contributed by atoms with van der Waals surface area (Å²) >= 11 is 1.54. The molecule has 0 radical (unpaired) electrons. The molecular weight excluding hydrogens is 392 g/mol. The highest BCUT2D eigenvalue weighted by atomic mass is 32.2. The summed E-state index contributed by atoms with van der Waals surface area (Å²) in [6.07, 6.45) is 7.00. The Morgan fingerprint density at radius 3 is 2.50 bits per heavy atom. The van der Waals surface area contributed by atoms with E-state index < -0.39 is 10.0 Å². The Kier molecular flexibility index (Phi) is 6.80. The topological polar surface area (TPSA) is 66.5 Å². The van der Waals surface area contributed by atoms with E-state index in [4.69, 9.17) is 0 Å². The number of para-hydroxylation sites is 1. The van der Waals surface area contributed by atoms with Crippen molar-refractivity contribution in [2.45, 2.75) is 47.9 Å². The number of thioether (sulfide) groups is 1. The maximum Gasteiger partial charge on any atom is 0.255 e. The Labute approximate surface area is 171 Å². The molecule has 1 N–H and O–H groups in total. The molecule has 0 aromatic heterocycles. The molecule has 7 heteroatoms. The molecule has 3 rings (SSSR count). The molecule has 1 saturated carbocycles. The molecule has 1 aliphatic rings. The van der Waals surface area contributed by atoms with E-state index in [-0.39, 0.29) is 16.8 Å². The number of amides is 1. The van der Waals surface area contributed by atoms with E-state index in [2.05, 4.69) is 5.32 Å². The van der Waals surface area contributed by atoms with Crippen molar-refractivity contribution in [1.82, 2.24) is 4.31 Å². The van der Waals surface area contributed by atoms with Gasteiger partial charge >= 0.3 is 0 Å². The number of sulfonamides is 1. The van der Waals surface area contributed by atoms with Gasteiger partial charge < -0.3 is 5.32 Å². The van der Waals surface area contributed by atoms with Gasteiger partial charge in [0, 0.05) is 23.5 Å². The molecule has 2 aromatic carbocycles. The number of carbonyl (C=O) groups is 1. The van der Waals surface area contributed by atoms with E-state index in [0.29, 0.717) is 11.3 Å². The van der Waals surface area contributed by atoms with Gasteiger partial charge in [0.05, 0.1) is 10.6 Å². The molecule has 150 valence electrons. The van der Waals surface area contributed by atoms with Crippen LogP contribution in [0.2, 0.25) is 0 Å². The predicted octanol–water partition coefficient (Wildman–Crippen LogP) is 4.61. The quantitative estimate of drug-likeness (QED) is 0.696. The Hall–Kier alpha value is -1.83. The first kappa shape index (κ1) is 20.9. The third kappa shape index (κ3) is 4.59. The monoisotopic (exact) mass is 418 g/mol. The van der Waals surface area contributed by atoms with E-state index in [1.807, 2.05) is 30.5 Å². The molecule has 1 aliphatic carbocycles. The highest BCUT2D eigenvalue weighted by Gasteiger charge is 2.29. The lowest BCUT2D eigenvalue weighted by molar-refractivity contribution is 0.102. The molecule has 1 amide bonds. The van der Waals surface area contributed by atoms with Crippen molar-refractivity contribution in [1.29, 1.82) is 0 Å². The molecule has 2 aromatic rings. The van der Waals surface area contributed by atoms with Gasteiger partial charge in [-0.3, -0.25) is 4.79 Å². The van der Waals surface area contributed by atoms with Crippen LogP contribution in [0.5, 0.6) is 0 Å². The minimum Gasteiger partial charge on any atom is -0.321 e. The molecule has 28 heavy (non-hydrogen) atoms. The van der Waals surface area contributed by atoms with Crippen LogP contribution in [0.15, 0.2) is 58.3 Å². The van der Waals surface area contributed by atoms with Crippen LogP contribution < -0.4 is 5.32 Å². The molecule has 0 spiro atoms. The Morgan fingerprint density at radius 1 is 1.07 bits per heavy atom. The lowest BCUT2D eigenvalue weighted by atomic mass is 9.96. The number of nitrogens with one attached hydrogen (secondary N) is 1. The fourth-order valence-electron chi connectivity index (χ4n) is 3.55. The normalized spacial score (nSPS) is 15.5. The zero-order valence-electron chi connectivity index (χ0n) is 16.2. The molecule has 0 unspecified atom stereocenters. The van der Waals surface area contributed by atoms with Gasteiger partial charge in [-0.2, -0.15) is 4.31 Å². The smallest absolute Gasteiger partial charge is 0.255 e. The van der Waals surface area contributed by atoms with E-state index in [0.717, 1.165) is 37.0 Å². The number of nitrogens with zero attached hydrogens (tertiary/aromatic N) is 1. The van der Waals surface area contributed by atoms with Crippen LogP contribution in [0.1, 0.15) is 42.5 Å². The maximum absolute atomic E-state index is 13.1. The highest BCUT2D eigenvalue weighted by Crippen LogP contribution is 2.28. The predicted molar refractivity (Wildman–Crippen MR) is 114 cm³/mol. The lowest BCUT2D eigenvalue weighted by Crippen LogP contribution is -2.38. The van der Waals surface area contributed by atoms with Gasteiger partial charge in [-0.05, 0) is 49.4 Å². The zero-order chi connectivity index (χ0) is 20.1. The summed E-state index contributed by atoms with van der Waals surface area (Å²) in [6, 6.07) is 13.8. The van der Waals surface area contributed by atoms with Crippen LogP contribution in [-0.2, 0) is 10.0 Å². The van der Waals surface area contributed by atoms with Crippen molar-refractivity contribution in [2.24, 2.45) is 0 Å². The number of benzene rings is 2. The summed E-state index contributed by atoms with van der Waals surface area (Å²) < 4.78 is 27.6. The van der Waals surface area contributed by atoms with E-state index >= 15 is 0 Å². The summed E-state index contributed by atoms with van der Waals surface area (Å²) in [5, 5.41) is 2.88. The van der Waals surface area contributed by atoms with Crippen molar-refractivity contribution >= 4 is 33.4 Å². The van der Waals surface area contributed by atoms with E-state index in [1.165, 1.54) is 10.4 Å². The van der Waals surface area contributed by atoms with Crippen LogP contribution in [0.3, 0.4) is 0 Å². The van der Waals surface area contributed by atoms with Gasteiger partial charge in [0.1, 0.15) is 0 Å². The SMILES string of the molecule is CSc1ccccc1NC(=O)c1cccc(S(=O)(=O)N(C)C2CCCCC2)c1. The molecule has 0 aliphatic heterocycles. The van der Waals surface area contributed by atoms with Crippen molar-refractivity contribution in [3.05, 3.63) is 54.1 Å². The summed E-state index contributed by atoms with van der Waals surface area (Å²) in [4.78, 5) is 13.8. The third-order valence-electron chi connectivity index (χ3n) is 5.22. The second kappa shape index (κ2) is 9.11. The first-order valence-corrected chi connectivity index (χ1v) is 12.1. The molecule has 5 nitrogen and oxygen atoms in total. The van der Waals surface area contributed by atoms with Crippen LogP contribution >= 0.6 is 11.8 Å². The first-order chi connectivity index (χ1) is 13.4. The average Bonchev–Trinajstić information content (AvgIpc) is 2.74. The molecule has 1 fully saturated rings. The second-order valence-electron chi connectivity index (χ2n) is 7.00. The number of hydrogen-bond donors (Lipinski definition) is 1. The standard InChI is InChI=1S/C21H26N2O3S2/c1-23(17-10-4-3-5-11-17)28(25,26)18-12-8-9-16(15-18)21(24)22-19-13-6-7-14-20(19)27-2/h6-9,12-15,17H,3-5,10-11H2,1-2H3,(H,22,24). The maximum atomic E-state index is 13.1. The fraction of sp³-hybridized carbons (Fsp3) is 0.381. The Balaban J connectivity index is 1.82. The van der Waals surface area contributed by atoms with Gasteiger partial charge in [-0.15, -0.1) is 11.8 Å². The Morgan fingerprint density at radius 2 is 1.79 bits per heavy atom. The summed E-state index contributed by atoms with van der Waals surface area (Å²) in [6.45, 7) is 0. The number of carbonyl (C=O) groups excluding carboxylic acids is 1. The van der Waals surface area contributed by atoms with Gasteiger partial charge in [-0.1, -0.05) is 37.5 Å².